The Morgan fingerprint density at radius 3 is 2.95 bits per heavy atom. The Kier molecular flexibility index (Phi) is 3.66. The van der Waals surface area contributed by atoms with Crippen LogP contribution in [0.4, 0.5) is 5.69 Å². The van der Waals surface area contributed by atoms with E-state index in [1.54, 1.807) is 30.1 Å². The molecule has 0 spiro atoms. The van der Waals surface area contributed by atoms with Gasteiger partial charge < -0.3 is 10.6 Å². The van der Waals surface area contributed by atoms with Crippen LogP contribution in [0, 0.1) is 0 Å². The monoisotopic (exact) mass is 298 g/mol. The molecule has 3 rings (SSSR count). The van der Waals surface area contributed by atoms with Gasteiger partial charge in [0, 0.05) is 18.1 Å². The summed E-state index contributed by atoms with van der Waals surface area (Å²) in [5, 5.41) is 9.87. The number of carbonyl (C=O) groups is 2. The third-order valence-electron chi connectivity index (χ3n) is 3.91. The molecule has 0 aliphatic carbocycles. The molecular formula is C16H18N4O2. The lowest BCUT2D eigenvalue weighted by atomic mass is 10.0. The summed E-state index contributed by atoms with van der Waals surface area (Å²) in [7, 11) is 0. The number of aromatic nitrogens is 2. The van der Waals surface area contributed by atoms with Crippen LogP contribution in [0.25, 0.3) is 0 Å². The van der Waals surface area contributed by atoms with Crippen molar-refractivity contribution in [2.75, 3.05) is 5.32 Å². The lowest BCUT2D eigenvalue weighted by Crippen LogP contribution is -2.33. The second-order valence-electron chi connectivity index (χ2n) is 5.53. The van der Waals surface area contributed by atoms with Gasteiger partial charge in [0.15, 0.2) is 0 Å². The first-order chi connectivity index (χ1) is 10.5. The Balaban J connectivity index is 1.70. The SMILES string of the molecule is C[C@H](C(=O)N[C@H](C)c1ccc2c(c1)CC(=O)N2)n1cccn1. The maximum absolute atomic E-state index is 12.3. The number of anilines is 1. The Hall–Kier alpha value is -2.63. The van der Waals surface area contributed by atoms with Crippen molar-refractivity contribution >= 4 is 17.5 Å². The van der Waals surface area contributed by atoms with Crippen molar-refractivity contribution in [3.63, 3.8) is 0 Å². The predicted octanol–water partition coefficient (Wildman–Crippen LogP) is 1.82. The number of benzene rings is 1. The van der Waals surface area contributed by atoms with Crippen LogP contribution in [0.3, 0.4) is 0 Å². The van der Waals surface area contributed by atoms with Gasteiger partial charge in [-0.05, 0) is 37.1 Å². The first-order valence-corrected chi connectivity index (χ1v) is 7.27. The zero-order valence-electron chi connectivity index (χ0n) is 12.5. The summed E-state index contributed by atoms with van der Waals surface area (Å²) in [5.74, 6) is -0.0814. The van der Waals surface area contributed by atoms with Crippen LogP contribution in [0.2, 0.25) is 0 Å². The highest BCUT2D eigenvalue weighted by Gasteiger charge is 2.21. The lowest BCUT2D eigenvalue weighted by Gasteiger charge is -2.18. The Morgan fingerprint density at radius 1 is 1.41 bits per heavy atom. The van der Waals surface area contributed by atoms with Gasteiger partial charge in [-0.25, -0.2) is 0 Å². The van der Waals surface area contributed by atoms with Crippen LogP contribution >= 0.6 is 0 Å². The Bertz CT molecular complexity index is 709. The van der Waals surface area contributed by atoms with Gasteiger partial charge in [-0.3, -0.25) is 14.3 Å². The van der Waals surface area contributed by atoms with E-state index in [2.05, 4.69) is 15.7 Å². The van der Waals surface area contributed by atoms with Crippen LogP contribution in [-0.2, 0) is 16.0 Å². The third-order valence-corrected chi connectivity index (χ3v) is 3.91. The molecule has 2 N–H and O–H groups in total. The minimum atomic E-state index is -0.366. The summed E-state index contributed by atoms with van der Waals surface area (Å²) in [4.78, 5) is 23.7. The van der Waals surface area contributed by atoms with E-state index < -0.39 is 0 Å². The molecule has 0 saturated heterocycles. The molecule has 1 aliphatic heterocycles. The smallest absolute Gasteiger partial charge is 0.245 e. The van der Waals surface area contributed by atoms with Crippen LogP contribution < -0.4 is 10.6 Å². The number of fused-ring (bicyclic) bond motifs is 1. The summed E-state index contributed by atoms with van der Waals surface area (Å²) >= 11 is 0. The quantitative estimate of drug-likeness (QED) is 0.904. The van der Waals surface area contributed by atoms with Crippen LogP contribution in [0.5, 0.6) is 0 Å². The standard InChI is InChI=1S/C16H18N4O2/c1-10(18-16(22)11(2)20-7-3-6-17-20)12-4-5-14-13(8-12)9-15(21)19-14/h3-8,10-11H,9H2,1-2H3,(H,18,22)(H,19,21)/t10-,11-/m1/s1. The minimum Gasteiger partial charge on any atom is -0.348 e. The number of nitrogens with zero attached hydrogens (tertiary/aromatic N) is 2. The zero-order chi connectivity index (χ0) is 15.7. The highest BCUT2D eigenvalue weighted by molar-refractivity contribution is 5.99. The molecule has 2 amide bonds. The number of amides is 2. The molecule has 1 aromatic carbocycles. The fourth-order valence-electron chi connectivity index (χ4n) is 2.57. The average Bonchev–Trinajstić information content (AvgIpc) is 3.13. The van der Waals surface area contributed by atoms with E-state index in [0.717, 1.165) is 16.8 Å². The zero-order valence-corrected chi connectivity index (χ0v) is 12.5. The molecule has 114 valence electrons. The van der Waals surface area contributed by atoms with Gasteiger partial charge in [-0.15, -0.1) is 0 Å². The van der Waals surface area contributed by atoms with E-state index >= 15 is 0 Å². The maximum Gasteiger partial charge on any atom is 0.245 e. The first kappa shape index (κ1) is 14.3. The number of carbonyl (C=O) groups excluding carboxylic acids is 2. The van der Waals surface area contributed by atoms with Gasteiger partial charge in [0.2, 0.25) is 11.8 Å². The topological polar surface area (TPSA) is 76.0 Å². The molecule has 1 aromatic heterocycles. The van der Waals surface area contributed by atoms with Gasteiger partial charge in [-0.2, -0.15) is 5.10 Å². The summed E-state index contributed by atoms with van der Waals surface area (Å²) in [6, 6.07) is 7.07. The molecule has 2 heterocycles. The summed E-state index contributed by atoms with van der Waals surface area (Å²) in [6.45, 7) is 3.74. The van der Waals surface area contributed by atoms with Crippen molar-refractivity contribution in [2.45, 2.75) is 32.4 Å². The summed E-state index contributed by atoms with van der Waals surface area (Å²) in [5.41, 5.74) is 2.82. The molecule has 1 aliphatic rings. The molecule has 6 nitrogen and oxygen atoms in total. The van der Waals surface area contributed by atoms with E-state index in [-0.39, 0.29) is 23.9 Å². The van der Waals surface area contributed by atoms with Gasteiger partial charge in [0.25, 0.3) is 0 Å². The van der Waals surface area contributed by atoms with Gasteiger partial charge in [0.05, 0.1) is 12.5 Å². The van der Waals surface area contributed by atoms with E-state index in [4.69, 9.17) is 0 Å². The first-order valence-electron chi connectivity index (χ1n) is 7.27. The van der Waals surface area contributed by atoms with Crippen molar-refractivity contribution in [3.8, 4) is 0 Å². The molecule has 0 bridgehead atoms. The number of hydrogen-bond donors (Lipinski definition) is 2. The number of rotatable bonds is 4. The molecule has 2 atom stereocenters. The van der Waals surface area contributed by atoms with Crippen LogP contribution in [-0.4, -0.2) is 21.6 Å². The van der Waals surface area contributed by atoms with Crippen molar-refractivity contribution in [2.24, 2.45) is 0 Å². The summed E-state index contributed by atoms with van der Waals surface area (Å²) < 4.78 is 1.62. The number of nitrogens with one attached hydrogen (secondary N) is 2. The Labute approximate surface area is 128 Å². The normalized spacial score (nSPS) is 15.8. The number of hydrogen-bond acceptors (Lipinski definition) is 3. The van der Waals surface area contributed by atoms with E-state index in [9.17, 15) is 9.59 Å². The van der Waals surface area contributed by atoms with Crippen molar-refractivity contribution in [1.82, 2.24) is 15.1 Å². The van der Waals surface area contributed by atoms with Gasteiger partial charge in [-0.1, -0.05) is 12.1 Å². The molecule has 2 aromatic rings. The summed E-state index contributed by atoms with van der Waals surface area (Å²) in [6.07, 6.45) is 3.81. The molecular weight excluding hydrogens is 280 g/mol. The molecule has 0 fully saturated rings. The fourth-order valence-corrected chi connectivity index (χ4v) is 2.57. The predicted molar refractivity (Wildman–Crippen MR) is 82.3 cm³/mol. The largest absolute Gasteiger partial charge is 0.348 e. The second kappa shape index (κ2) is 5.63. The van der Waals surface area contributed by atoms with E-state index in [1.807, 2.05) is 25.1 Å². The maximum atomic E-state index is 12.3. The molecule has 0 saturated carbocycles. The fraction of sp³-hybridized carbons (Fsp3) is 0.312. The highest BCUT2D eigenvalue weighted by atomic mass is 16.2. The molecule has 0 radical (unpaired) electrons. The second-order valence-corrected chi connectivity index (χ2v) is 5.53. The third kappa shape index (κ3) is 2.72. The molecule has 6 heteroatoms. The molecule has 22 heavy (non-hydrogen) atoms. The lowest BCUT2D eigenvalue weighted by molar-refractivity contribution is -0.124. The minimum absolute atomic E-state index is 0.0103. The van der Waals surface area contributed by atoms with Crippen molar-refractivity contribution in [1.29, 1.82) is 0 Å². The van der Waals surface area contributed by atoms with Crippen LogP contribution in [0.1, 0.15) is 37.1 Å². The Morgan fingerprint density at radius 2 is 2.23 bits per heavy atom. The highest BCUT2D eigenvalue weighted by Crippen LogP contribution is 2.26. The van der Waals surface area contributed by atoms with Gasteiger partial charge >= 0.3 is 0 Å². The van der Waals surface area contributed by atoms with E-state index in [1.165, 1.54) is 0 Å². The van der Waals surface area contributed by atoms with Gasteiger partial charge in [0.1, 0.15) is 6.04 Å². The van der Waals surface area contributed by atoms with Crippen molar-refractivity contribution < 1.29 is 9.59 Å². The molecule has 0 unspecified atom stereocenters. The van der Waals surface area contributed by atoms with E-state index in [0.29, 0.717) is 6.42 Å². The van der Waals surface area contributed by atoms with Crippen molar-refractivity contribution in [3.05, 3.63) is 47.8 Å². The average molecular weight is 298 g/mol. The van der Waals surface area contributed by atoms with Crippen LogP contribution in [0.15, 0.2) is 36.7 Å².